The summed E-state index contributed by atoms with van der Waals surface area (Å²) in [4.78, 5) is 15.4. The number of rotatable bonds is 2. The number of nitrogens with one attached hydrogen (secondary N) is 1. The number of hydrogen-bond donors (Lipinski definition) is 2. The highest BCUT2D eigenvalue weighted by Crippen LogP contribution is 2.43. The number of hydrogen-bond acceptors (Lipinski definition) is 3. The number of amides is 1. The molecule has 1 saturated heterocycles. The average molecular weight is 389 g/mol. The van der Waals surface area contributed by atoms with Crippen LogP contribution in [0.2, 0.25) is 0 Å². The van der Waals surface area contributed by atoms with E-state index in [9.17, 15) is 4.79 Å². The highest BCUT2D eigenvalue weighted by Gasteiger charge is 2.43. The van der Waals surface area contributed by atoms with Crippen molar-refractivity contribution in [3.63, 3.8) is 0 Å². The van der Waals surface area contributed by atoms with Crippen LogP contribution in [-0.4, -0.2) is 33.6 Å². The van der Waals surface area contributed by atoms with Crippen LogP contribution >= 0.6 is 24.8 Å². The van der Waals surface area contributed by atoms with Crippen molar-refractivity contribution in [1.82, 2.24) is 15.1 Å². The van der Waals surface area contributed by atoms with Crippen LogP contribution in [0.1, 0.15) is 63.0 Å². The van der Waals surface area contributed by atoms with Crippen molar-refractivity contribution < 1.29 is 4.79 Å². The van der Waals surface area contributed by atoms with Crippen LogP contribution in [0.15, 0.2) is 12.4 Å². The van der Waals surface area contributed by atoms with Gasteiger partial charge in [0.2, 0.25) is 5.91 Å². The Hall–Kier alpha value is -0.780. The SMILES string of the molecule is Cl.Cl.NC1C2CCCC1CC(C(=O)N1CCCCC1c1cn[nH]c1)C2. The van der Waals surface area contributed by atoms with Gasteiger partial charge in [0.15, 0.2) is 0 Å². The van der Waals surface area contributed by atoms with E-state index in [0.717, 1.165) is 37.8 Å². The monoisotopic (exact) mass is 388 g/mol. The molecular formula is C18H30Cl2N4O. The maximum Gasteiger partial charge on any atom is 0.226 e. The highest BCUT2D eigenvalue weighted by atomic mass is 35.5. The molecule has 5 nitrogen and oxygen atoms in total. The number of halogens is 2. The summed E-state index contributed by atoms with van der Waals surface area (Å²) in [6.07, 6.45) is 12.9. The first-order valence-corrected chi connectivity index (χ1v) is 9.29. The molecule has 1 aromatic heterocycles. The molecule has 3 aliphatic rings. The molecule has 2 saturated carbocycles. The largest absolute Gasteiger partial charge is 0.335 e. The number of nitrogens with zero attached hydrogens (tertiary/aromatic N) is 2. The molecule has 1 amide bonds. The molecule has 3 unspecified atom stereocenters. The Balaban J connectivity index is 0.00000113. The van der Waals surface area contributed by atoms with E-state index in [0.29, 0.717) is 23.8 Å². The van der Waals surface area contributed by atoms with E-state index in [2.05, 4.69) is 15.1 Å². The molecule has 2 aliphatic carbocycles. The molecule has 142 valence electrons. The third-order valence-corrected chi connectivity index (χ3v) is 6.45. The second-order valence-corrected chi connectivity index (χ2v) is 7.77. The third kappa shape index (κ3) is 3.99. The Bertz CT molecular complexity index is 539. The molecule has 7 heteroatoms. The zero-order valence-electron chi connectivity index (χ0n) is 14.6. The second-order valence-electron chi connectivity index (χ2n) is 7.77. The molecule has 2 heterocycles. The van der Waals surface area contributed by atoms with Crippen molar-refractivity contribution in [1.29, 1.82) is 0 Å². The van der Waals surface area contributed by atoms with Crippen LogP contribution in [0, 0.1) is 17.8 Å². The minimum Gasteiger partial charge on any atom is -0.335 e. The van der Waals surface area contributed by atoms with Crippen LogP contribution in [0.25, 0.3) is 0 Å². The number of aromatic amines is 1. The molecule has 0 spiro atoms. The van der Waals surface area contributed by atoms with Gasteiger partial charge in [-0.1, -0.05) is 6.42 Å². The van der Waals surface area contributed by atoms with Gasteiger partial charge in [-0.15, -0.1) is 24.8 Å². The summed E-state index contributed by atoms with van der Waals surface area (Å²) in [6.45, 7) is 0.895. The molecule has 0 aromatic carbocycles. The van der Waals surface area contributed by atoms with Gasteiger partial charge in [0, 0.05) is 30.3 Å². The minimum atomic E-state index is 0. The van der Waals surface area contributed by atoms with Gasteiger partial charge < -0.3 is 10.6 Å². The first kappa shape index (κ1) is 20.5. The number of piperidine rings is 1. The Morgan fingerprint density at radius 1 is 1.12 bits per heavy atom. The van der Waals surface area contributed by atoms with Crippen LogP contribution in [0.5, 0.6) is 0 Å². The molecule has 3 N–H and O–H groups in total. The van der Waals surface area contributed by atoms with Crippen LogP contribution < -0.4 is 5.73 Å². The number of fused-ring (bicyclic) bond motifs is 2. The molecule has 4 rings (SSSR count). The Morgan fingerprint density at radius 2 is 1.84 bits per heavy atom. The van der Waals surface area contributed by atoms with Gasteiger partial charge in [-0.3, -0.25) is 9.89 Å². The molecule has 3 atom stereocenters. The smallest absolute Gasteiger partial charge is 0.226 e. The van der Waals surface area contributed by atoms with E-state index in [-0.39, 0.29) is 36.8 Å². The van der Waals surface area contributed by atoms with E-state index in [1.165, 1.54) is 25.7 Å². The maximum atomic E-state index is 13.3. The number of aromatic nitrogens is 2. The molecule has 1 aromatic rings. The summed E-state index contributed by atoms with van der Waals surface area (Å²) in [7, 11) is 0. The van der Waals surface area contributed by atoms with Crippen molar-refractivity contribution in [2.45, 2.75) is 63.5 Å². The van der Waals surface area contributed by atoms with Gasteiger partial charge in [-0.2, -0.15) is 5.10 Å². The van der Waals surface area contributed by atoms with Crippen molar-refractivity contribution >= 4 is 30.7 Å². The van der Waals surface area contributed by atoms with Crippen LogP contribution in [-0.2, 0) is 4.79 Å². The van der Waals surface area contributed by atoms with E-state index in [4.69, 9.17) is 5.73 Å². The van der Waals surface area contributed by atoms with E-state index in [1.807, 2.05) is 12.4 Å². The second kappa shape index (κ2) is 8.74. The molecule has 0 radical (unpaired) electrons. The topological polar surface area (TPSA) is 75.0 Å². The first-order valence-electron chi connectivity index (χ1n) is 9.29. The lowest BCUT2D eigenvalue weighted by Crippen LogP contribution is -2.50. The summed E-state index contributed by atoms with van der Waals surface area (Å²) in [5.41, 5.74) is 7.55. The molecular weight excluding hydrogens is 359 g/mol. The Morgan fingerprint density at radius 3 is 2.48 bits per heavy atom. The fourth-order valence-corrected chi connectivity index (χ4v) is 5.21. The predicted molar refractivity (Wildman–Crippen MR) is 103 cm³/mol. The zero-order valence-corrected chi connectivity index (χ0v) is 16.2. The van der Waals surface area contributed by atoms with Gasteiger partial charge in [-0.25, -0.2) is 0 Å². The van der Waals surface area contributed by atoms with Gasteiger partial charge in [-0.05, 0) is 56.8 Å². The molecule has 2 bridgehead atoms. The quantitative estimate of drug-likeness (QED) is 0.814. The normalized spacial score (nSPS) is 34.6. The zero-order chi connectivity index (χ0) is 15.8. The fourth-order valence-electron chi connectivity index (χ4n) is 5.21. The van der Waals surface area contributed by atoms with Crippen molar-refractivity contribution in [3.05, 3.63) is 18.0 Å². The standard InChI is InChI=1S/C18H28N4O.2ClH/c19-17-12-4-3-5-13(17)9-14(8-12)18(23)22-7-2-1-6-16(22)15-10-20-21-11-15;;/h10-14,16-17H,1-9,19H2,(H,20,21);2*1H. The average Bonchev–Trinajstić information content (AvgIpc) is 3.08. The number of carbonyl (C=O) groups excluding carboxylic acids is 1. The van der Waals surface area contributed by atoms with Gasteiger partial charge in [0.25, 0.3) is 0 Å². The number of carbonyl (C=O) groups is 1. The summed E-state index contributed by atoms with van der Waals surface area (Å²) < 4.78 is 0. The lowest BCUT2D eigenvalue weighted by atomic mass is 9.64. The van der Waals surface area contributed by atoms with Gasteiger partial charge >= 0.3 is 0 Å². The predicted octanol–water partition coefficient (Wildman–Crippen LogP) is 3.46. The Labute approximate surface area is 162 Å². The molecule has 3 fully saturated rings. The highest BCUT2D eigenvalue weighted by molar-refractivity contribution is 5.85. The number of likely N-dealkylation sites (tertiary alicyclic amines) is 1. The van der Waals surface area contributed by atoms with E-state index < -0.39 is 0 Å². The van der Waals surface area contributed by atoms with Gasteiger partial charge in [0.05, 0.1) is 12.2 Å². The summed E-state index contributed by atoms with van der Waals surface area (Å²) >= 11 is 0. The summed E-state index contributed by atoms with van der Waals surface area (Å²) in [6, 6.07) is 0.546. The van der Waals surface area contributed by atoms with Crippen LogP contribution in [0.4, 0.5) is 0 Å². The van der Waals surface area contributed by atoms with Gasteiger partial charge in [0.1, 0.15) is 0 Å². The number of H-pyrrole nitrogens is 1. The maximum absolute atomic E-state index is 13.3. The summed E-state index contributed by atoms with van der Waals surface area (Å²) in [5.74, 6) is 1.69. The Kier molecular flexibility index (Phi) is 7.18. The first-order chi connectivity index (χ1) is 11.2. The summed E-state index contributed by atoms with van der Waals surface area (Å²) in [5, 5.41) is 6.98. The van der Waals surface area contributed by atoms with E-state index >= 15 is 0 Å². The van der Waals surface area contributed by atoms with Crippen molar-refractivity contribution in [3.8, 4) is 0 Å². The minimum absolute atomic E-state index is 0. The lowest BCUT2D eigenvalue weighted by molar-refractivity contribution is -0.142. The third-order valence-electron chi connectivity index (χ3n) is 6.45. The fraction of sp³-hybridized carbons (Fsp3) is 0.778. The number of nitrogens with two attached hydrogens (primary N) is 1. The molecule has 25 heavy (non-hydrogen) atoms. The van der Waals surface area contributed by atoms with E-state index in [1.54, 1.807) is 0 Å². The van der Waals surface area contributed by atoms with Crippen molar-refractivity contribution in [2.75, 3.05) is 6.54 Å². The van der Waals surface area contributed by atoms with Crippen molar-refractivity contribution in [2.24, 2.45) is 23.5 Å². The molecule has 1 aliphatic heterocycles. The lowest BCUT2D eigenvalue weighted by Gasteiger charge is -2.46. The van der Waals surface area contributed by atoms with Crippen LogP contribution in [0.3, 0.4) is 0 Å².